The van der Waals surface area contributed by atoms with Crippen molar-refractivity contribution >= 4 is 49.6 Å². The number of aliphatic imine (C=N–C) groups is 1. The first-order valence-corrected chi connectivity index (χ1v) is 19.3. The van der Waals surface area contributed by atoms with Gasteiger partial charge >= 0.3 is 0 Å². The van der Waals surface area contributed by atoms with Gasteiger partial charge < -0.3 is 9.73 Å². The average Bonchev–Trinajstić information content (AvgIpc) is 3.87. The molecule has 1 aliphatic carbocycles. The van der Waals surface area contributed by atoms with Crippen LogP contribution in [0.2, 0.25) is 0 Å². The van der Waals surface area contributed by atoms with Crippen molar-refractivity contribution in [3.8, 4) is 22.3 Å². The zero-order chi connectivity index (χ0) is 37.0. The molecule has 8 aromatic carbocycles. The quantitative estimate of drug-likeness (QED) is 0.186. The molecule has 56 heavy (non-hydrogen) atoms. The number of amidine groups is 1. The van der Waals surface area contributed by atoms with Crippen LogP contribution < -0.4 is 5.32 Å². The Morgan fingerprint density at radius 2 is 1.05 bits per heavy atom. The van der Waals surface area contributed by atoms with Gasteiger partial charge in [-0.1, -0.05) is 182 Å². The summed E-state index contributed by atoms with van der Waals surface area (Å²) >= 11 is 0. The lowest BCUT2D eigenvalue weighted by molar-refractivity contribution is 0.570. The highest BCUT2D eigenvalue weighted by Crippen LogP contribution is 2.45. The fourth-order valence-corrected chi connectivity index (χ4v) is 8.72. The number of benzene rings is 8. The topological polar surface area (TPSA) is 37.5 Å². The first-order chi connectivity index (χ1) is 27.8. The van der Waals surface area contributed by atoms with Gasteiger partial charge in [0.25, 0.3) is 0 Å². The number of allylic oxidation sites excluding steroid dienone is 1. The summed E-state index contributed by atoms with van der Waals surface area (Å²) in [7, 11) is 0. The van der Waals surface area contributed by atoms with Crippen LogP contribution in [0.4, 0.5) is 0 Å². The van der Waals surface area contributed by atoms with E-state index in [-0.39, 0.29) is 6.04 Å². The highest BCUT2D eigenvalue weighted by molar-refractivity contribution is 6.15. The van der Waals surface area contributed by atoms with E-state index in [4.69, 9.17) is 9.41 Å². The molecule has 9 aromatic rings. The van der Waals surface area contributed by atoms with Crippen LogP contribution in [0, 0.1) is 0 Å². The van der Waals surface area contributed by atoms with Crippen molar-refractivity contribution in [2.75, 3.05) is 0 Å². The number of hydrogen-bond donors (Lipinski definition) is 1. The smallest absolute Gasteiger partial charge is 0.142 e. The SMILES string of the molecule is C1=C(c2ccccc2)N=C(c2ccccc2)NC1c1ccc(-c2ccc(C3=CCc4oc5c(cc(-c6ccccc6)c6ccccc65)c43)cc2)c2ccccc12. The molecule has 2 aliphatic rings. The molecule has 1 atom stereocenters. The fraction of sp³-hybridized carbons (Fsp3) is 0.0377. The lowest BCUT2D eigenvalue weighted by atomic mass is 9.89. The van der Waals surface area contributed by atoms with Gasteiger partial charge in [0, 0.05) is 28.3 Å². The third-order valence-electron chi connectivity index (χ3n) is 11.4. The molecule has 3 heteroatoms. The summed E-state index contributed by atoms with van der Waals surface area (Å²) in [5.74, 6) is 1.91. The zero-order valence-electron chi connectivity index (χ0n) is 30.6. The Hall–Kier alpha value is -7.23. The maximum Gasteiger partial charge on any atom is 0.142 e. The molecular formula is C53H36N2O. The monoisotopic (exact) mass is 716 g/mol. The summed E-state index contributed by atoms with van der Waals surface area (Å²) in [6, 6.07) is 64.9. The van der Waals surface area contributed by atoms with E-state index in [1.807, 2.05) is 12.1 Å². The molecule has 0 bridgehead atoms. The molecule has 0 saturated heterocycles. The van der Waals surface area contributed by atoms with E-state index in [0.717, 1.165) is 45.8 Å². The highest BCUT2D eigenvalue weighted by atomic mass is 16.3. The molecule has 2 heterocycles. The van der Waals surface area contributed by atoms with Crippen molar-refractivity contribution in [1.82, 2.24) is 5.32 Å². The second kappa shape index (κ2) is 13.3. The standard InChI is InChI=1S/C53H36N2O/c1-4-14-34(15-5-1)46-32-47-51-40(30-31-50(51)56-52(47)45-23-13-12-22-43(45)46)36-26-24-35(25-27-36)39-28-29-44(42-21-11-10-20-41(39)42)49-33-48(37-16-6-2-7-17-37)54-53(55-49)38-18-8-3-9-19-38/h1-30,32-33,49H,31H2,(H,54,55). The number of nitrogens with zero attached hydrogens (tertiary/aromatic N) is 1. The predicted molar refractivity (Wildman–Crippen MR) is 233 cm³/mol. The minimum Gasteiger partial charge on any atom is -0.459 e. The summed E-state index contributed by atoms with van der Waals surface area (Å²) in [4.78, 5) is 5.10. The van der Waals surface area contributed by atoms with Crippen molar-refractivity contribution in [1.29, 1.82) is 0 Å². The molecule has 0 amide bonds. The first kappa shape index (κ1) is 32.2. The van der Waals surface area contributed by atoms with Crippen LogP contribution in [0.15, 0.2) is 204 Å². The highest BCUT2D eigenvalue weighted by Gasteiger charge is 2.26. The molecular weight excluding hydrogens is 681 g/mol. The Morgan fingerprint density at radius 1 is 0.482 bits per heavy atom. The maximum absolute atomic E-state index is 6.66. The third kappa shape index (κ3) is 5.39. The average molecular weight is 717 g/mol. The third-order valence-corrected chi connectivity index (χ3v) is 11.4. The Balaban J connectivity index is 0.966. The molecule has 11 rings (SSSR count). The van der Waals surface area contributed by atoms with Crippen molar-refractivity contribution < 1.29 is 4.42 Å². The van der Waals surface area contributed by atoms with Crippen molar-refractivity contribution in [3.63, 3.8) is 0 Å². The van der Waals surface area contributed by atoms with Gasteiger partial charge in [-0.05, 0) is 72.8 Å². The lowest BCUT2D eigenvalue weighted by Crippen LogP contribution is -2.31. The number of fused-ring (bicyclic) bond motifs is 6. The number of hydrogen-bond acceptors (Lipinski definition) is 3. The van der Waals surface area contributed by atoms with Gasteiger partial charge in [0.05, 0.1) is 11.7 Å². The molecule has 3 nitrogen and oxygen atoms in total. The summed E-state index contributed by atoms with van der Waals surface area (Å²) in [5, 5.41) is 9.76. The molecule has 0 fully saturated rings. The van der Waals surface area contributed by atoms with Gasteiger partial charge in [0.15, 0.2) is 0 Å². The van der Waals surface area contributed by atoms with Gasteiger partial charge in [-0.15, -0.1) is 0 Å². The van der Waals surface area contributed by atoms with E-state index < -0.39 is 0 Å². The Morgan fingerprint density at radius 3 is 1.77 bits per heavy atom. The van der Waals surface area contributed by atoms with Crippen LogP contribution >= 0.6 is 0 Å². The number of nitrogens with one attached hydrogen (secondary N) is 1. The lowest BCUT2D eigenvalue weighted by Gasteiger charge is -2.26. The summed E-state index contributed by atoms with van der Waals surface area (Å²) in [5.41, 5.74) is 13.8. The van der Waals surface area contributed by atoms with Crippen molar-refractivity contribution in [3.05, 3.63) is 228 Å². The van der Waals surface area contributed by atoms with Gasteiger partial charge in [0.1, 0.15) is 17.2 Å². The molecule has 1 N–H and O–H groups in total. The minimum atomic E-state index is -0.0629. The molecule has 0 saturated carbocycles. The predicted octanol–water partition coefficient (Wildman–Crippen LogP) is 13.2. The van der Waals surface area contributed by atoms with E-state index in [9.17, 15) is 0 Å². The van der Waals surface area contributed by atoms with E-state index in [0.29, 0.717) is 0 Å². The molecule has 0 spiro atoms. The fourth-order valence-electron chi connectivity index (χ4n) is 8.72. The van der Waals surface area contributed by atoms with Crippen molar-refractivity contribution in [2.45, 2.75) is 12.5 Å². The molecule has 0 radical (unpaired) electrons. The summed E-state index contributed by atoms with van der Waals surface area (Å²) in [6.07, 6.45) is 5.37. The van der Waals surface area contributed by atoms with Crippen LogP contribution in [0.1, 0.15) is 39.6 Å². The summed E-state index contributed by atoms with van der Waals surface area (Å²) in [6.45, 7) is 0. The second-order valence-corrected chi connectivity index (χ2v) is 14.6. The van der Waals surface area contributed by atoms with E-state index in [1.165, 1.54) is 66.1 Å². The van der Waals surface area contributed by atoms with Crippen LogP contribution in [0.3, 0.4) is 0 Å². The number of rotatable bonds is 6. The minimum absolute atomic E-state index is 0.0629. The Kier molecular flexibility index (Phi) is 7.63. The van der Waals surface area contributed by atoms with Crippen molar-refractivity contribution in [2.24, 2.45) is 4.99 Å². The van der Waals surface area contributed by atoms with Gasteiger partial charge in [0.2, 0.25) is 0 Å². The summed E-state index contributed by atoms with van der Waals surface area (Å²) < 4.78 is 6.66. The molecule has 1 aliphatic heterocycles. The maximum atomic E-state index is 6.66. The van der Waals surface area contributed by atoms with E-state index in [2.05, 4.69) is 187 Å². The molecule has 264 valence electrons. The van der Waals surface area contributed by atoms with Gasteiger partial charge in [-0.25, -0.2) is 4.99 Å². The Labute approximate surface area is 325 Å². The van der Waals surface area contributed by atoms with Gasteiger partial charge in [-0.2, -0.15) is 0 Å². The largest absolute Gasteiger partial charge is 0.459 e. The zero-order valence-corrected chi connectivity index (χ0v) is 30.6. The van der Waals surface area contributed by atoms with Crippen LogP contribution in [-0.2, 0) is 6.42 Å². The molecule has 1 unspecified atom stereocenters. The van der Waals surface area contributed by atoms with E-state index in [1.54, 1.807) is 0 Å². The van der Waals surface area contributed by atoms with Crippen LogP contribution in [-0.4, -0.2) is 5.84 Å². The first-order valence-electron chi connectivity index (χ1n) is 19.3. The van der Waals surface area contributed by atoms with Crippen LogP contribution in [0.25, 0.3) is 66.0 Å². The Bertz CT molecular complexity index is 3040. The van der Waals surface area contributed by atoms with Crippen LogP contribution in [0.5, 0.6) is 0 Å². The van der Waals surface area contributed by atoms with E-state index >= 15 is 0 Å². The molecule has 1 aromatic heterocycles. The van der Waals surface area contributed by atoms with Gasteiger partial charge in [-0.3, -0.25) is 0 Å². The second-order valence-electron chi connectivity index (χ2n) is 14.6. The normalized spacial score (nSPS) is 15.0. The number of furan rings is 1.